The third kappa shape index (κ3) is 2.54. The van der Waals surface area contributed by atoms with Gasteiger partial charge in [0, 0.05) is 35.7 Å². The first-order chi connectivity index (χ1) is 8.53. The fourth-order valence-corrected chi connectivity index (χ4v) is 1.73. The molecule has 0 radical (unpaired) electrons. The molecule has 0 saturated carbocycles. The van der Waals surface area contributed by atoms with Gasteiger partial charge in [0.05, 0.1) is 5.56 Å². The minimum atomic E-state index is -0.304. The summed E-state index contributed by atoms with van der Waals surface area (Å²) >= 11 is 0. The van der Waals surface area contributed by atoms with Crippen molar-refractivity contribution in [1.82, 2.24) is 10.3 Å². The number of hydrogen-bond donors (Lipinski definition) is 3. The van der Waals surface area contributed by atoms with Crippen molar-refractivity contribution >= 4 is 16.8 Å². The van der Waals surface area contributed by atoms with Crippen LogP contribution in [0.25, 0.3) is 10.9 Å². The van der Waals surface area contributed by atoms with Crippen LogP contribution < -0.4 is 5.32 Å². The van der Waals surface area contributed by atoms with Gasteiger partial charge in [0.15, 0.2) is 0 Å². The van der Waals surface area contributed by atoms with Gasteiger partial charge >= 0.3 is 0 Å². The molecule has 0 unspecified atom stereocenters. The number of amides is 1. The van der Waals surface area contributed by atoms with Gasteiger partial charge in [-0.3, -0.25) is 4.79 Å². The van der Waals surface area contributed by atoms with Gasteiger partial charge in [0.25, 0.3) is 5.91 Å². The highest BCUT2D eigenvalue weighted by molar-refractivity contribution is 6.06. The Kier molecular flexibility index (Phi) is 3.39. The summed E-state index contributed by atoms with van der Waals surface area (Å²) in [6, 6.07) is 7.68. The largest absolute Gasteiger partial charge is 0.396 e. The fraction of sp³-hybridized carbons (Fsp3) is 0.357. The molecule has 2 aromatic rings. The van der Waals surface area contributed by atoms with Crippen LogP contribution in [-0.4, -0.2) is 29.1 Å². The van der Waals surface area contributed by atoms with Gasteiger partial charge in [-0.15, -0.1) is 0 Å². The number of rotatable bonds is 4. The van der Waals surface area contributed by atoms with Crippen molar-refractivity contribution in [3.63, 3.8) is 0 Å². The Labute approximate surface area is 106 Å². The summed E-state index contributed by atoms with van der Waals surface area (Å²) < 4.78 is 0. The van der Waals surface area contributed by atoms with E-state index >= 15 is 0 Å². The number of aromatic nitrogens is 1. The summed E-state index contributed by atoms with van der Waals surface area (Å²) in [5.41, 5.74) is 1.28. The summed E-state index contributed by atoms with van der Waals surface area (Å²) in [5, 5.41) is 12.9. The van der Waals surface area contributed by atoms with Gasteiger partial charge in [-0.05, 0) is 6.07 Å². The van der Waals surface area contributed by atoms with Gasteiger partial charge in [-0.2, -0.15) is 0 Å². The maximum Gasteiger partial charge on any atom is 0.253 e. The fourth-order valence-electron chi connectivity index (χ4n) is 1.73. The van der Waals surface area contributed by atoms with Gasteiger partial charge < -0.3 is 15.4 Å². The number of aromatic amines is 1. The van der Waals surface area contributed by atoms with E-state index in [0.29, 0.717) is 12.1 Å². The van der Waals surface area contributed by atoms with Crippen LogP contribution in [0.3, 0.4) is 0 Å². The summed E-state index contributed by atoms with van der Waals surface area (Å²) in [4.78, 5) is 15.1. The molecule has 4 heteroatoms. The van der Waals surface area contributed by atoms with Crippen LogP contribution in [0.4, 0.5) is 0 Å². The molecule has 4 nitrogen and oxygen atoms in total. The smallest absolute Gasteiger partial charge is 0.253 e. The predicted octanol–water partition coefficient (Wildman–Crippen LogP) is 1.92. The number of nitrogens with one attached hydrogen (secondary N) is 2. The molecule has 0 aliphatic rings. The van der Waals surface area contributed by atoms with Crippen LogP contribution in [0.5, 0.6) is 0 Å². The lowest BCUT2D eigenvalue weighted by atomic mass is 9.95. The number of carbonyl (C=O) groups is 1. The topological polar surface area (TPSA) is 65.1 Å². The molecule has 0 atom stereocenters. The molecule has 0 saturated heterocycles. The van der Waals surface area contributed by atoms with Crippen molar-refractivity contribution in [2.24, 2.45) is 5.41 Å². The predicted molar refractivity (Wildman–Crippen MR) is 71.5 cm³/mol. The average molecular weight is 246 g/mol. The Morgan fingerprint density at radius 3 is 2.83 bits per heavy atom. The van der Waals surface area contributed by atoms with Crippen molar-refractivity contribution in [2.45, 2.75) is 13.8 Å². The second-order valence-corrected chi connectivity index (χ2v) is 5.25. The number of H-pyrrole nitrogens is 1. The minimum Gasteiger partial charge on any atom is -0.396 e. The third-order valence-electron chi connectivity index (χ3n) is 2.99. The number of aliphatic hydroxyl groups is 1. The maximum absolute atomic E-state index is 12.1. The van der Waals surface area contributed by atoms with Crippen molar-refractivity contribution in [1.29, 1.82) is 0 Å². The maximum atomic E-state index is 12.1. The molecular formula is C14H18N2O2. The monoisotopic (exact) mass is 246 g/mol. The lowest BCUT2D eigenvalue weighted by Gasteiger charge is -2.21. The van der Waals surface area contributed by atoms with E-state index < -0.39 is 0 Å². The van der Waals surface area contributed by atoms with E-state index in [2.05, 4.69) is 10.3 Å². The number of fused-ring (bicyclic) bond motifs is 1. The summed E-state index contributed by atoms with van der Waals surface area (Å²) in [5.74, 6) is -0.117. The zero-order chi connectivity index (χ0) is 13.2. The molecule has 96 valence electrons. The standard InChI is InChI=1S/C14H18N2O2/c1-14(2,9-17)8-16-13(18)11-7-15-12-6-4-3-5-10(11)12/h3-7,15,17H,8-9H2,1-2H3,(H,16,18). The van der Waals surface area contributed by atoms with Crippen molar-refractivity contribution in [3.05, 3.63) is 36.0 Å². The SMILES string of the molecule is CC(C)(CO)CNC(=O)c1c[nH]c2ccccc12. The first kappa shape index (κ1) is 12.6. The van der Waals surface area contributed by atoms with E-state index in [9.17, 15) is 4.79 Å². The van der Waals surface area contributed by atoms with Crippen LogP contribution in [0.1, 0.15) is 24.2 Å². The molecule has 0 aliphatic heterocycles. The zero-order valence-corrected chi connectivity index (χ0v) is 10.7. The molecule has 1 amide bonds. The Morgan fingerprint density at radius 1 is 1.39 bits per heavy atom. The molecule has 0 spiro atoms. The molecule has 1 aromatic heterocycles. The number of aliphatic hydroxyl groups excluding tert-OH is 1. The Morgan fingerprint density at radius 2 is 2.11 bits per heavy atom. The molecule has 1 aromatic carbocycles. The molecule has 0 fully saturated rings. The lowest BCUT2D eigenvalue weighted by Crippen LogP contribution is -2.35. The first-order valence-electron chi connectivity index (χ1n) is 5.99. The van der Waals surface area contributed by atoms with E-state index in [1.807, 2.05) is 38.1 Å². The van der Waals surface area contributed by atoms with Crippen LogP contribution in [0, 0.1) is 5.41 Å². The second-order valence-electron chi connectivity index (χ2n) is 5.25. The lowest BCUT2D eigenvalue weighted by molar-refractivity contribution is 0.0912. The third-order valence-corrected chi connectivity index (χ3v) is 2.99. The van der Waals surface area contributed by atoms with E-state index in [4.69, 9.17) is 5.11 Å². The Balaban J connectivity index is 2.14. The van der Waals surface area contributed by atoms with Crippen LogP contribution >= 0.6 is 0 Å². The quantitative estimate of drug-likeness (QED) is 0.771. The molecule has 3 N–H and O–H groups in total. The number of hydrogen-bond acceptors (Lipinski definition) is 2. The molecular weight excluding hydrogens is 228 g/mol. The zero-order valence-electron chi connectivity index (χ0n) is 10.7. The van der Waals surface area contributed by atoms with Gasteiger partial charge in [0.1, 0.15) is 0 Å². The molecule has 2 rings (SSSR count). The summed E-state index contributed by atoms with van der Waals surface area (Å²) in [7, 11) is 0. The Hall–Kier alpha value is -1.81. The summed E-state index contributed by atoms with van der Waals surface area (Å²) in [6.45, 7) is 4.30. The summed E-state index contributed by atoms with van der Waals surface area (Å²) in [6.07, 6.45) is 1.71. The highest BCUT2D eigenvalue weighted by Crippen LogP contribution is 2.18. The highest BCUT2D eigenvalue weighted by atomic mass is 16.3. The van der Waals surface area contributed by atoms with Gasteiger partial charge in [-0.25, -0.2) is 0 Å². The van der Waals surface area contributed by atoms with E-state index in [1.165, 1.54) is 0 Å². The molecule has 0 bridgehead atoms. The number of carbonyl (C=O) groups excluding carboxylic acids is 1. The van der Waals surface area contributed by atoms with Crippen LogP contribution in [0.15, 0.2) is 30.5 Å². The highest BCUT2D eigenvalue weighted by Gasteiger charge is 2.19. The van der Waals surface area contributed by atoms with Crippen LogP contribution in [-0.2, 0) is 0 Å². The number of para-hydroxylation sites is 1. The van der Waals surface area contributed by atoms with Crippen molar-refractivity contribution in [3.8, 4) is 0 Å². The normalized spacial score (nSPS) is 11.7. The molecule has 18 heavy (non-hydrogen) atoms. The van der Waals surface area contributed by atoms with E-state index in [-0.39, 0.29) is 17.9 Å². The average Bonchev–Trinajstić information content (AvgIpc) is 2.80. The van der Waals surface area contributed by atoms with Crippen molar-refractivity contribution in [2.75, 3.05) is 13.2 Å². The van der Waals surface area contributed by atoms with E-state index in [0.717, 1.165) is 10.9 Å². The molecule has 1 heterocycles. The molecule has 0 aliphatic carbocycles. The Bertz CT molecular complexity index is 558. The second kappa shape index (κ2) is 4.82. The van der Waals surface area contributed by atoms with Gasteiger partial charge in [0.2, 0.25) is 0 Å². The number of benzene rings is 1. The minimum absolute atomic E-state index is 0.0428. The van der Waals surface area contributed by atoms with Crippen LogP contribution in [0.2, 0.25) is 0 Å². The first-order valence-corrected chi connectivity index (χ1v) is 5.99. The van der Waals surface area contributed by atoms with E-state index in [1.54, 1.807) is 6.20 Å². The van der Waals surface area contributed by atoms with Gasteiger partial charge in [-0.1, -0.05) is 32.0 Å². The van der Waals surface area contributed by atoms with Crippen molar-refractivity contribution < 1.29 is 9.90 Å².